The molecule has 8 heteroatoms. The third-order valence-electron chi connectivity index (χ3n) is 5.55. The summed E-state index contributed by atoms with van der Waals surface area (Å²) in [5.74, 6) is -2.26. The SMILES string of the molecule is Cc1nn(C)c(C)c1C(O)=C1C(=O)C(=O)N(Cc2cccnc2)C1c1ccc(F)cc1. The van der Waals surface area contributed by atoms with Crippen molar-refractivity contribution in [1.82, 2.24) is 19.7 Å². The number of rotatable bonds is 4. The molecule has 0 saturated carbocycles. The first-order valence-corrected chi connectivity index (χ1v) is 9.73. The van der Waals surface area contributed by atoms with Gasteiger partial charge in [-0.25, -0.2) is 4.39 Å². The number of hydrogen-bond donors (Lipinski definition) is 1. The zero-order chi connectivity index (χ0) is 22.3. The molecule has 2 aromatic heterocycles. The van der Waals surface area contributed by atoms with Crippen LogP contribution in [-0.2, 0) is 23.2 Å². The average molecular weight is 420 g/mol. The fourth-order valence-corrected chi connectivity index (χ4v) is 3.97. The molecule has 7 nitrogen and oxygen atoms in total. The second-order valence-corrected chi connectivity index (χ2v) is 7.51. The van der Waals surface area contributed by atoms with Gasteiger partial charge in [0, 0.05) is 31.7 Å². The summed E-state index contributed by atoms with van der Waals surface area (Å²) >= 11 is 0. The number of halogens is 1. The van der Waals surface area contributed by atoms with E-state index >= 15 is 0 Å². The Labute approximate surface area is 178 Å². The highest BCUT2D eigenvalue weighted by Gasteiger charge is 2.46. The lowest BCUT2D eigenvalue weighted by Crippen LogP contribution is -2.29. The highest BCUT2D eigenvalue weighted by molar-refractivity contribution is 6.46. The molecule has 1 aromatic carbocycles. The van der Waals surface area contributed by atoms with Crippen LogP contribution in [0.25, 0.3) is 5.76 Å². The van der Waals surface area contributed by atoms with Gasteiger partial charge >= 0.3 is 0 Å². The molecule has 1 aliphatic rings. The predicted octanol–water partition coefficient (Wildman–Crippen LogP) is 3.19. The Morgan fingerprint density at radius 3 is 2.45 bits per heavy atom. The number of benzene rings is 1. The van der Waals surface area contributed by atoms with Crippen molar-refractivity contribution < 1.29 is 19.1 Å². The maximum atomic E-state index is 13.6. The van der Waals surface area contributed by atoms with E-state index in [1.165, 1.54) is 29.2 Å². The molecule has 31 heavy (non-hydrogen) atoms. The molecule has 158 valence electrons. The zero-order valence-corrected chi connectivity index (χ0v) is 17.3. The summed E-state index contributed by atoms with van der Waals surface area (Å²) in [6.45, 7) is 3.61. The van der Waals surface area contributed by atoms with Gasteiger partial charge in [0.2, 0.25) is 0 Å². The summed E-state index contributed by atoms with van der Waals surface area (Å²) < 4.78 is 15.2. The number of pyridine rings is 1. The smallest absolute Gasteiger partial charge is 0.295 e. The number of hydrogen-bond acceptors (Lipinski definition) is 5. The molecule has 3 aromatic rings. The first-order valence-electron chi connectivity index (χ1n) is 9.73. The van der Waals surface area contributed by atoms with Crippen LogP contribution >= 0.6 is 0 Å². The Bertz CT molecular complexity index is 1200. The predicted molar refractivity (Wildman–Crippen MR) is 111 cm³/mol. The van der Waals surface area contributed by atoms with Crippen molar-refractivity contribution in [3.8, 4) is 0 Å². The fraction of sp³-hybridized carbons (Fsp3) is 0.217. The number of Topliss-reactive ketones (excluding diaryl/α,β-unsaturated/α-hetero) is 1. The van der Waals surface area contributed by atoms with E-state index in [-0.39, 0.29) is 17.9 Å². The van der Waals surface area contributed by atoms with Gasteiger partial charge in [-0.05, 0) is 43.2 Å². The summed E-state index contributed by atoms with van der Waals surface area (Å²) in [5, 5.41) is 15.5. The van der Waals surface area contributed by atoms with Crippen LogP contribution in [0.4, 0.5) is 4.39 Å². The van der Waals surface area contributed by atoms with Gasteiger partial charge in [-0.15, -0.1) is 0 Å². The summed E-state index contributed by atoms with van der Waals surface area (Å²) in [4.78, 5) is 31.5. The van der Waals surface area contributed by atoms with E-state index in [0.29, 0.717) is 22.5 Å². The lowest BCUT2D eigenvalue weighted by Gasteiger charge is -2.25. The molecule has 4 rings (SSSR count). The second-order valence-electron chi connectivity index (χ2n) is 7.51. The maximum absolute atomic E-state index is 13.6. The van der Waals surface area contributed by atoms with Crippen LogP contribution < -0.4 is 0 Å². The number of amides is 1. The second kappa shape index (κ2) is 7.79. The van der Waals surface area contributed by atoms with E-state index in [9.17, 15) is 19.1 Å². The standard InChI is InChI=1S/C23H21FN4O3/c1-13-18(14(2)27(3)26-13)21(29)19-20(16-6-8-17(24)9-7-16)28(23(31)22(19)30)12-15-5-4-10-25-11-15/h4-11,20,29H,12H2,1-3H3. The molecule has 3 heterocycles. The third-order valence-corrected chi connectivity index (χ3v) is 5.55. The van der Waals surface area contributed by atoms with E-state index in [1.807, 2.05) is 0 Å². The largest absolute Gasteiger partial charge is 0.507 e. The van der Waals surface area contributed by atoms with Crippen LogP contribution in [-0.4, -0.2) is 36.5 Å². The molecule has 0 aliphatic carbocycles. The van der Waals surface area contributed by atoms with Gasteiger partial charge in [0.1, 0.15) is 11.6 Å². The van der Waals surface area contributed by atoms with E-state index in [0.717, 1.165) is 5.56 Å². The van der Waals surface area contributed by atoms with Crippen LogP contribution in [0.5, 0.6) is 0 Å². The van der Waals surface area contributed by atoms with Gasteiger partial charge in [-0.3, -0.25) is 19.3 Å². The van der Waals surface area contributed by atoms with Crippen molar-refractivity contribution in [2.24, 2.45) is 7.05 Å². The molecular weight excluding hydrogens is 399 g/mol. The van der Waals surface area contributed by atoms with E-state index < -0.39 is 23.5 Å². The van der Waals surface area contributed by atoms with Crippen molar-refractivity contribution in [1.29, 1.82) is 0 Å². The van der Waals surface area contributed by atoms with Gasteiger partial charge in [-0.2, -0.15) is 5.10 Å². The molecular formula is C23H21FN4O3. The van der Waals surface area contributed by atoms with Crippen molar-refractivity contribution in [2.75, 3.05) is 0 Å². The fourth-order valence-electron chi connectivity index (χ4n) is 3.97. The van der Waals surface area contributed by atoms with E-state index in [1.54, 1.807) is 50.1 Å². The topological polar surface area (TPSA) is 88.3 Å². The molecule has 1 N–H and O–H groups in total. The molecule has 1 saturated heterocycles. The van der Waals surface area contributed by atoms with Crippen LogP contribution in [0.15, 0.2) is 54.4 Å². The molecule has 1 unspecified atom stereocenters. The highest BCUT2D eigenvalue weighted by atomic mass is 19.1. The Morgan fingerprint density at radius 2 is 1.87 bits per heavy atom. The number of carbonyl (C=O) groups excluding carboxylic acids is 2. The lowest BCUT2D eigenvalue weighted by molar-refractivity contribution is -0.140. The molecule has 0 bridgehead atoms. The van der Waals surface area contributed by atoms with Gasteiger partial charge < -0.3 is 10.0 Å². The number of likely N-dealkylation sites (tertiary alicyclic amines) is 1. The number of aryl methyl sites for hydroxylation is 2. The number of ketones is 1. The van der Waals surface area contributed by atoms with Gasteiger partial charge in [-0.1, -0.05) is 18.2 Å². The minimum absolute atomic E-state index is 0.0419. The lowest BCUT2D eigenvalue weighted by atomic mass is 9.94. The van der Waals surface area contributed by atoms with E-state index in [2.05, 4.69) is 10.1 Å². The molecule has 1 atom stereocenters. The van der Waals surface area contributed by atoms with Crippen LogP contribution in [0.2, 0.25) is 0 Å². The van der Waals surface area contributed by atoms with Crippen molar-refractivity contribution in [2.45, 2.75) is 26.4 Å². The van der Waals surface area contributed by atoms with Crippen LogP contribution in [0.1, 0.15) is 34.1 Å². The van der Waals surface area contributed by atoms with Crippen LogP contribution in [0.3, 0.4) is 0 Å². The minimum Gasteiger partial charge on any atom is -0.507 e. The van der Waals surface area contributed by atoms with Crippen molar-refractivity contribution >= 4 is 17.4 Å². The Hall–Kier alpha value is -3.81. The van der Waals surface area contributed by atoms with Gasteiger partial charge in [0.05, 0.1) is 22.9 Å². The average Bonchev–Trinajstić information content (AvgIpc) is 3.15. The monoisotopic (exact) mass is 420 g/mol. The molecule has 1 fully saturated rings. The number of aliphatic hydroxyl groups is 1. The summed E-state index contributed by atoms with van der Waals surface area (Å²) in [5.41, 5.74) is 2.81. The highest BCUT2D eigenvalue weighted by Crippen LogP contribution is 2.41. The number of nitrogens with zero attached hydrogens (tertiary/aromatic N) is 4. The van der Waals surface area contributed by atoms with Crippen molar-refractivity contribution in [3.05, 3.63) is 88.3 Å². The summed E-state index contributed by atoms with van der Waals surface area (Å²) in [6.07, 6.45) is 3.22. The molecule has 1 aliphatic heterocycles. The van der Waals surface area contributed by atoms with Crippen LogP contribution in [0, 0.1) is 19.7 Å². The normalized spacial score (nSPS) is 18.1. The van der Waals surface area contributed by atoms with Gasteiger partial charge in [0.25, 0.3) is 11.7 Å². The third kappa shape index (κ3) is 3.50. The minimum atomic E-state index is -0.875. The van der Waals surface area contributed by atoms with E-state index in [4.69, 9.17) is 0 Å². The number of aliphatic hydroxyl groups excluding tert-OH is 1. The van der Waals surface area contributed by atoms with Crippen molar-refractivity contribution in [3.63, 3.8) is 0 Å². The maximum Gasteiger partial charge on any atom is 0.295 e. The Balaban J connectivity index is 1.91. The zero-order valence-electron chi connectivity index (χ0n) is 17.3. The molecule has 0 radical (unpaired) electrons. The number of carbonyl (C=O) groups is 2. The molecule has 1 amide bonds. The number of aromatic nitrogens is 3. The molecule has 0 spiro atoms. The summed E-state index contributed by atoms with van der Waals surface area (Å²) in [6, 6.07) is 8.21. The first-order chi connectivity index (χ1) is 14.8. The van der Waals surface area contributed by atoms with Gasteiger partial charge in [0.15, 0.2) is 0 Å². The Morgan fingerprint density at radius 1 is 1.16 bits per heavy atom. The first kappa shape index (κ1) is 20.5. The quantitative estimate of drug-likeness (QED) is 0.398. The summed E-state index contributed by atoms with van der Waals surface area (Å²) in [7, 11) is 1.73. The Kier molecular flexibility index (Phi) is 5.14.